The van der Waals surface area contributed by atoms with Crippen LogP contribution in [0.3, 0.4) is 0 Å². The molecule has 0 aliphatic rings. The third-order valence-electron chi connectivity index (χ3n) is 4.99. The van der Waals surface area contributed by atoms with E-state index in [0.717, 1.165) is 45.7 Å². The first-order chi connectivity index (χ1) is 12.4. The molecule has 0 aliphatic carbocycles. The van der Waals surface area contributed by atoms with Crippen LogP contribution in [0.15, 0.2) is 24.3 Å². The van der Waals surface area contributed by atoms with Crippen LogP contribution in [-0.4, -0.2) is 23.3 Å². The van der Waals surface area contributed by atoms with Gasteiger partial charge in [0, 0.05) is 30.6 Å². The molecule has 3 rings (SSSR count). The van der Waals surface area contributed by atoms with E-state index in [1.165, 1.54) is 17.8 Å². The van der Waals surface area contributed by atoms with Crippen LogP contribution in [0.5, 0.6) is 5.75 Å². The Labute approximate surface area is 165 Å². The van der Waals surface area contributed by atoms with Crippen LogP contribution < -0.4 is 4.74 Å². The lowest BCUT2D eigenvalue weighted by atomic mass is 10.1. The van der Waals surface area contributed by atoms with Crippen molar-refractivity contribution < 1.29 is 13.9 Å². The number of nitrogens with zero attached hydrogens (tertiary/aromatic N) is 2. The van der Waals surface area contributed by atoms with Crippen LogP contribution in [0, 0.1) is 33.5 Å². The van der Waals surface area contributed by atoms with E-state index in [1.807, 2.05) is 13.8 Å². The zero-order valence-electron chi connectivity index (χ0n) is 16.4. The maximum absolute atomic E-state index is 13.1. The molecule has 6 heteroatoms. The molecule has 1 aromatic carbocycles. The number of fused-ring (bicyclic) bond motifs is 1. The fraction of sp³-hybridized carbons (Fsp3) is 0.381. The van der Waals surface area contributed by atoms with E-state index < -0.39 is 0 Å². The smallest absolute Gasteiger partial charge is 0.150 e. The first kappa shape index (κ1) is 21.2. The Morgan fingerprint density at radius 2 is 1.70 bits per heavy atom. The van der Waals surface area contributed by atoms with Gasteiger partial charge in [-0.25, -0.2) is 4.39 Å². The highest BCUT2D eigenvalue weighted by Crippen LogP contribution is 2.35. The van der Waals surface area contributed by atoms with Crippen molar-refractivity contribution >= 4 is 23.4 Å². The molecule has 2 heterocycles. The maximum Gasteiger partial charge on any atom is 0.150 e. The van der Waals surface area contributed by atoms with Gasteiger partial charge in [0.1, 0.15) is 23.7 Å². The van der Waals surface area contributed by atoms with Crippen LogP contribution in [0.1, 0.15) is 28.1 Å². The molecule has 4 nitrogen and oxygen atoms in total. The van der Waals surface area contributed by atoms with E-state index in [-0.39, 0.29) is 18.2 Å². The molecule has 0 unspecified atom stereocenters. The third-order valence-corrected chi connectivity index (χ3v) is 4.99. The molecular weight excluding hydrogens is 367 g/mol. The standard InChI is InChI=1S/C21H25FN2O2.ClH/c1-13-15(3)23-19-14(2)16(4)24(10-11-25-5)20(19)21(13)26-12-17-6-8-18(22)9-7-17;/h6-9H,10-12H2,1-5H3;1H. The van der Waals surface area contributed by atoms with Gasteiger partial charge in [-0.2, -0.15) is 0 Å². The topological polar surface area (TPSA) is 36.3 Å². The Balaban J connectivity index is 0.00000261. The Hall–Kier alpha value is -2.11. The Bertz CT molecular complexity index is 936. The van der Waals surface area contributed by atoms with Gasteiger partial charge >= 0.3 is 0 Å². The lowest BCUT2D eigenvalue weighted by Crippen LogP contribution is -2.08. The zero-order valence-corrected chi connectivity index (χ0v) is 17.2. The predicted molar refractivity (Wildman–Crippen MR) is 109 cm³/mol. The molecule has 146 valence electrons. The number of pyridine rings is 1. The molecule has 0 N–H and O–H groups in total. The first-order valence-corrected chi connectivity index (χ1v) is 8.76. The normalized spacial score (nSPS) is 10.9. The average molecular weight is 393 g/mol. The van der Waals surface area contributed by atoms with Gasteiger partial charge in [0.2, 0.25) is 0 Å². The van der Waals surface area contributed by atoms with Crippen molar-refractivity contribution in [3.8, 4) is 5.75 Å². The summed E-state index contributed by atoms with van der Waals surface area (Å²) in [4.78, 5) is 4.80. The summed E-state index contributed by atoms with van der Waals surface area (Å²) in [5, 5.41) is 0. The molecule has 27 heavy (non-hydrogen) atoms. The van der Waals surface area contributed by atoms with Crippen LogP contribution in [0.25, 0.3) is 11.0 Å². The monoisotopic (exact) mass is 392 g/mol. The van der Waals surface area contributed by atoms with Gasteiger partial charge in [0.25, 0.3) is 0 Å². The van der Waals surface area contributed by atoms with Crippen molar-refractivity contribution in [2.45, 2.75) is 40.8 Å². The fourth-order valence-corrected chi connectivity index (χ4v) is 3.18. The Kier molecular flexibility index (Phi) is 6.84. The highest BCUT2D eigenvalue weighted by Gasteiger charge is 2.20. The van der Waals surface area contributed by atoms with Gasteiger partial charge in [-0.15, -0.1) is 12.4 Å². The number of benzene rings is 1. The number of hydrogen-bond acceptors (Lipinski definition) is 3. The van der Waals surface area contributed by atoms with E-state index in [2.05, 4.69) is 18.4 Å². The first-order valence-electron chi connectivity index (χ1n) is 8.76. The quantitative estimate of drug-likeness (QED) is 0.588. The third kappa shape index (κ3) is 4.09. The molecule has 0 spiro atoms. The summed E-state index contributed by atoms with van der Waals surface area (Å²) in [6.07, 6.45) is 0. The Morgan fingerprint density at radius 3 is 2.33 bits per heavy atom. The minimum absolute atomic E-state index is 0. The Morgan fingerprint density at radius 1 is 1.04 bits per heavy atom. The molecule has 2 aromatic heterocycles. The second-order valence-electron chi connectivity index (χ2n) is 6.62. The minimum Gasteiger partial charge on any atom is -0.486 e. The number of halogens is 2. The van der Waals surface area contributed by atoms with Gasteiger partial charge < -0.3 is 14.0 Å². The van der Waals surface area contributed by atoms with Crippen molar-refractivity contribution in [1.82, 2.24) is 9.55 Å². The molecule has 0 radical (unpaired) electrons. The minimum atomic E-state index is -0.244. The molecule has 0 aliphatic heterocycles. The second kappa shape index (κ2) is 8.72. The van der Waals surface area contributed by atoms with Crippen molar-refractivity contribution in [2.24, 2.45) is 0 Å². The molecule has 0 bridgehead atoms. The maximum atomic E-state index is 13.1. The van der Waals surface area contributed by atoms with Crippen LogP contribution in [-0.2, 0) is 17.9 Å². The molecular formula is C21H26ClFN2O2. The number of ether oxygens (including phenoxy) is 2. The molecule has 0 amide bonds. The number of aryl methyl sites for hydroxylation is 2. The van der Waals surface area contributed by atoms with E-state index in [0.29, 0.717) is 13.2 Å². The summed E-state index contributed by atoms with van der Waals surface area (Å²) in [6.45, 7) is 9.96. The molecule has 0 fully saturated rings. The molecule has 0 saturated carbocycles. The molecule has 0 atom stereocenters. The van der Waals surface area contributed by atoms with Crippen LogP contribution in [0.2, 0.25) is 0 Å². The summed E-state index contributed by atoms with van der Waals surface area (Å²) in [6, 6.07) is 6.40. The lowest BCUT2D eigenvalue weighted by molar-refractivity contribution is 0.187. The predicted octanol–water partition coefficient (Wildman–Crippen LogP) is 5.06. The average Bonchev–Trinajstić information content (AvgIpc) is 2.86. The van der Waals surface area contributed by atoms with Crippen molar-refractivity contribution in [1.29, 1.82) is 0 Å². The number of hydrogen-bond donors (Lipinski definition) is 0. The molecule has 0 saturated heterocycles. The molecule has 3 aromatic rings. The van der Waals surface area contributed by atoms with Crippen LogP contribution >= 0.6 is 12.4 Å². The second-order valence-corrected chi connectivity index (χ2v) is 6.62. The summed E-state index contributed by atoms with van der Waals surface area (Å²) >= 11 is 0. The number of methoxy groups -OCH3 is 1. The summed E-state index contributed by atoms with van der Waals surface area (Å²) in [5.74, 6) is 0.593. The van der Waals surface area contributed by atoms with Gasteiger partial charge in [-0.3, -0.25) is 4.98 Å². The van der Waals surface area contributed by atoms with E-state index in [4.69, 9.17) is 14.5 Å². The van der Waals surface area contributed by atoms with Gasteiger partial charge in [0.05, 0.1) is 12.1 Å². The summed E-state index contributed by atoms with van der Waals surface area (Å²) in [5.41, 5.74) is 7.20. The summed E-state index contributed by atoms with van der Waals surface area (Å²) < 4.78 is 26.8. The van der Waals surface area contributed by atoms with Gasteiger partial charge in [-0.1, -0.05) is 12.1 Å². The fourth-order valence-electron chi connectivity index (χ4n) is 3.18. The highest BCUT2D eigenvalue weighted by atomic mass is 35.5. The van der Waals surface area contributed by atoms with Crippen molar-refractivity contribution in [3.63, 3.8) is 0 Å². The largest absolute Gasteiger partial charge is 0.486 e. The number of rotatable bonds is 6. The van der Waals surface area contributed by atoms with Crippen LogP contribution in [0.4, 0.5) is 4.39 Å². The van der Waals surface area contributed by atoms with E-state index in [9.17, 15) is 4.39 Å². The SMILES string of the molecule is COCCn1c(C)c(C)c2nc(C)c(C)c(OCc3ccc(F)cc3)c21.Cl. The van der Waals surface area contributed by atoms with Crippen molar-refractivity contribution in [3.05, 3.63) is 58.2 Å². The van der Waals surface area contributed by atoms with Crippen molar-refractivity contribution in [2.75, 3.05) is 13.7 Å². The van der Waals surface area contributed by atoms with E-state index in [1.54, 1.807) is 19.2 Å². The van der Waals surface area contributed by atoms with Gasteiger partial charge in [-0.05, 0) is 51.0 Å². The highest BCUT2D eigenvalue weighted by molar-refractivity contribution is 5.88. The van der Waals surface area contributed by atoms with Gasteiger partial charge in [0.15, 0.2) is 0 Å². The summed E-state index contributed by atoms with van der Waals surface area (Å²) in [7, 11) is 1.70. The van der Waals surface area contributed by atoms with E-state index >= 15 is 0 Å². The number of aromatic nitrogens is 2. The lowest BCUT2D eigenvalue weighted by Gasteiger charge is -2.15. The zero-order chi connectivity index (χ0) is 18.8.